The van der Waals surface area contributed by atoms with Gasteiger partial charge in [0.1, 0.15) is 0 Å². The normalized spacial score (nSPS) is 32.0. The van der Waals surface area contributed by atoms with Gasteiger partial charge in [-0.15, -0.1) is 11.3 Å². The Balaban J connectivity index is 1.44. The standard InChI is InChI=1S/C14H21BrN2S/c1-17-12-2-3-13(17)5-10(4-12)7-16-8-14-6-11(15)9-18-14/h6,9-10,12-13,16H,2-5,7-8H2,1H3. The molecule has 1 N–H and O–H groups in total. The second kappa shape index (κ2) is 5.61. The van der Waals surface area contributed by atoms with Crippen LogP contribution in [0.4, 0.5) is 0 Å². The van der Waals surface area contributed by atoms with Crippen LogP contribution >= 0.6 is 27.3 Å². The summed E-state index contributed by atoms with van der Waals surface area (Å²) in [6.07, 6.45) is 5.65. The Labute approximate surface area is 122 Å². The monoisotopic (exact) mass is 328 g/mol. The fourth-order valence-electron chi connectivity index (χ4n) is 3.54. The zero-order chi connectivity index (χ0) is 12.5. The summed E-state index contributed by atoms with van der Waals surface area (Å²) >= 11 is 5.34. The summed E-state index contributed by atoms with van der Waals surface area (Å²) in [7, 11) is 2.31. The minimum atomic E-state index is 0.867. The molecule has 0 aromatic carbocycles. The fourth-order valence-corrected chi connectivity index (χ4v) is 4.96. The van der Waals surface area contributed by atoms with Crippen LogP contribution in [0.25, 0.3) is 0 Å². The van der Waals surface area contributed by atoms with Gasteiger partial charge in [0.15, 0.2) is 0 Å². The summed E-state index contributed by atoms with van der Waals surface area (Å²) < 4.78 is 1.21. The highest BCUT2D eigenvalue weighted by molar-refractivity contribution is 9.10. The van der Waals surface area contributed by atoms with Crippen LogP contribution in [0.15, 0.2) is 15.9 Å². The first-order valence-electron chi connectivity index (χ1n) is 6.88. The molecule has 0 saturated carbocycles. The molecule has 3 heterocycles. The van der Waals surface area contributed by atoms with Crippen molar-refractivity contribution >= 4 is 27.3 Å². The van der Waals surface area contributed by atoms with E-state index in [-0.39, 0.29) is 0 Å². The average molecular weight is 329 g/mol. The van der Waals surface area contributed by atoms with Crippen LogP contribution < -0.4 is 5.32 Å². The van der Waals surface area contributed by atoms with Gasteiger partial charge in [0.2, 0.25) is 0 Å². The van der Waals surface area contributed by atoms with Gasteiger partial charge in [0.05, 0.1) is 0 Å². The van der Waals surface area contributed by atoms with Gasteiger partial charge < -0.3 is 10.2 Å². The number of nitrogens with zero attached hydrogens (tertiary/aromatic N) is 1. The molecule has 2 aliphatic heterocycles. The number of halogens is 1. The van der Waals surface area contributed by atoms with Crippen molar-refractivity contribution in [2.75, 3.05) is 13.6 Å². The van der Waals surface area contributed by atoms with E-state index in [2.05, 4.69) is 44.6 Å². The Hall–Kier alpha value is 0.1000. The van der Waals surface area contributed by atoms with E-state index in [1.165, 1.54) is 41.6 Å². The summed E-state index contributed by atoms with van der Waals surface area (Å²) in [6.45, 7) is 2.22. The van der Waals surface area contributed by atoms with E-state index in [4.69, 9.17) is 0 Å². The van der Waals surface area contributed by atoms with Crippen LogP contribution in [0.3, 0.4) is 0 Å². The van der Waals surface area contributed by atoms with Crippen molar-refractivity contribution in [2.45, 2.75) is 44.3 Å². The number of rotatable bonds is 4. The molecule has 0 amide bonds. The Bertz CT molecular complexity index is 392. The lowest BCUT2D eigenvalue weighted by Crippen LogP contribution is -2.42. The first-order chi connectivity index (χ1) is 8.72. The fraction of sp³-hybridized carbons (Fsp3) is 0.714. The smallest absolute Gasteiger partial charge is 0.0300 e. The Kier molecular flexibility index (Phi) is 4.09. The highest BCUT2D eigenvalue weighted by Gasteiger charge is 2.37. The summed E-state index contributed by atoms with van der Waals surface area (Å²) in [6, 6.07) is 3.95. The van der Waals surface area contributed by atoms with Crippen molar-refractivity contribution in [3.05, 3.63) is 20.8 Å². The largest absolute Gasteiger partial charge is 0.312 e. The first kappa shape index (κ1) is 13.1. The molecule has 0 radical (unpaired) electrons. The molecule has 0 spiro atoms. The maximum absolute atomic E-state index is 3.64. The van der Waals surface area contributed by atoms with Gasteiger partial charge in [-0.05, 0) is 67.2 Å². The van der Waals surface area contributed by atoms with Crippen LogP contribution in [-0.4, -0.2) is 30.6 Å². The molecular formula is C14H21BrN2S. The highest BCUT2D eigenvalue weighted by Crippen LogP contribution is 2.37. The predicted octanol–water partition coefficient (Wildman–Crippen LogP) is 3.47. The zero-order valence-corrected chi connectivity index (χ0v) is 13.3. The van der Waals surface area contributed by atoms with Crippen molar-refractivity contribution in [3.8, 4) is 0 Å². The SMILES string of the molecule is CN1C2CCC1CC(CNCc1cc(Br)cs1)C2. The Morgan fingerprint density at radius 3 is 2.72 bits per heavy atom. The van der Waals surface area contributed by atoms with E-state index >= 15 is 0 Å². The van der Waals surface area contributed by atoms with Crippen molar-refractivity contribution in [2.24, 2.45) is 5.92 Å². The first-order valence-corrected chi connectivity index (χ1v) is 8.55. The van der Waals surface area contributed by atoms with E-state index in [1.807, 2.05) is 11.3 Å². The van der Waals surface area contributed by atoms with Crippen molar-refractivity contribution in [1.82, 2.24) is 10.2 Å². The maximum Gasteiger partial charge on any atom is 0.0300 e. The lowest BCUT2D eigenvalue weighted by Gasteiger charge is -2.36. The molecule has 2 saturated heterocycles. The summed E-state index contributed by atoms with van der Waals surface area (Å²) in [5.74, 6) is 0.891. The minimum Gasteiger partial charge on any atom is -0.312 e. The second-order valence-corrected chi connectivity index (χ2v) is 7.66. The van der Waals surface area contributed by atoms with Crippen molar-refractivity contribution < 1.29 is 0 Å². The van der Waals surface area contributed by atoms with E-state index in [0.29, 0.717) is 0 Å². The quantitative estimate of drug-likeness (QED) is 0.910. The predicted molar refractivity (Wildman–Crippen MR) is 81.0 cm³/mol. The van der Waals surface area contributed by atoms with E-state index in [9.17, 15) is 0 Å². The zero-order valence-electron chi connectivity index (χ0n) is 10.9. The molecule has 3 rings (SSSR count). The van der Waals surface area contributed by atoms with Gasteiger partial charge >= 0.3 is 0 Å². The lowest BCUT2D eigenvalue weighted by molar-refractivity contribution is 0.133. The molecule has 2 unspecified atom stereocenters. The number of hydrogen-bond donors (Lipinski definition) is 1. The number of piperidine rings is 1. The highest BCUT2D eigenvalue weighted by atomic mass is 79.9. The van der Waals surface area contributed by atoms with Gasteiger partial charge in [-0.3, -0.25) is 0 Å². The third kappa shape index (κ3) is 2.82. The van der Waals surface area contributed by atoms with Crippen LogP contribution in [0.5, 0.6) is 0 Å². The van der Waals surface area contributed by atoms with Gasteiger partial charge in [-0.2, -0.15) is 0 Å². The number of fused-ring (bicyclic) bond motifs is 2. The molecule has 100 valence electrons. The molecule has 0 aliphatic carbocycles. The molecule has 1 aromatic heterocycles. The number of hydrogen-bond acceptors (Lipinski definition) is 3. The molecular weight excluding hydrogens is 308 g/mol. The molecule has 18 heavy (non-hydrogen) atoms. The molecule has 4 heteroatoms. The molecule has 2 aliphatic rings. The number of nitrogens with one attached hydrogen (secondary N) is 1. The summed E-state index contributed by atoms with van der Waals surface area (Å²) in [4.78, 5) is 4.05. The van der Waals surface area contributed by atoms with Crippen LogP contribution in [-0.2, 0) is 6.54 Å². The van der Waals surface area contributed by atoms with E-state index in [1.54, 1.807) is 0 Å². The molecule has 2 atom stereocenters. The van der Waals surface area contributed by atoms with E-state index in [0.717, 1.165) is 24.5 Å². The third-order valence-electron chi connectivity index (χ3n) is 4.55. The number of thiophene rings is 1. The molecule has 2 bridgehead atoms. The minimum absolute atomic E-state index is 0.867. The van der Waals surface area contributed by atoms with E-state index < -0.39 is 0 Å². The Morgan fingerprint density at radius 2 is 2.11 bits per heavy atom. The average Bonchev–Trinajstić information content (AvgIpc) is 2.82. The van der Waals surface area contributed by atoms with Crippen molar-refractivity contribution in [1.29, 1.82) is 0 Å². The maximum atomic E-state index is 3.64. The van der Waals surface area contributed by atoms with Crippen LogP contribution in [0, 0.1) is 5.92 Å². The Morgan fingerprint density at radius 1 is 1.39 bits per heavy atom. The van der Waals surface area contributed by atoms with Gasteiger partial charge in [-0.25, -0.2) is 0 Å². The lowest BCUT2D eigenvalue weighted by atomic mass is 9.91. The molecule has 2 nitrogen and oxygen atoms in total. The van der Waals surface area contributed by atoms with Crippen LogP contribution in [0.2, 0.25) is 0 Å². The topological polar surface area (TPSA) is 15.3 Å². The van der Waals surface area contributed by atoms with Crippen LogP contribution in [0.1, 0.15) is 30.6 Å². The van der Waals surface area contributed by atoms with Gasteiger partial charge in [0, 0.05) is 33.4 Å². The van der Waals surface area contributed by atoms with Crippen molar-refractivity contribution in [3.63, 3.8) is 0 Å². The second-order valence-electron chi connectivity index (χ2n) is 5.75. The molecule has 1 aromatic rings. The summed E-state index contributed by atoms with van der Waals surface area (Å²) in [5.41, 5.74) is 0. The third-order valence-corrected chi connectivity index (χ3v) is 6.25. The summed E-state index contributed by atoms with van der Waals surface area (Å²) in [5, 5.41) is 5.80. The van der Waals surface area contributed by atoms with Gasteiger partial charge in [0.25, 0.3) is 0 Å². The molecule has 2 fully saturated rings. The van der Waals surface area contributed by atoms with Gasteiger partial charge in [-0.1, -0.05) is 0 Å².